The summed E-state index contributed by atoms with van der Waals surface area (Å²) < 4.78 is 0.986. The number of halogens is 1. The van der Waals surface area contributed by atoms with E-state index in [-0.39, 0.29) is 17.9 Å². The van der Waals surface area contributed by atoms with Crippen molar-refractivity contribution in [3.63, 3.8) is 0 Å². The van der Waals surface area contributed by atoms with E-state index in [1.807, 2.05) is 38.1 Å². The van der Waals surface area contributed by atoms with Gasteiger partial charge in [0.1, 0.15) is 6.04 Å². The molecule has 0 aliphatic rings. The van der Waals surface area contributed by atoms with Crippen molar-refractivity contribution >= 4 is 39.5 Å². The third kappa shape index (κ3) is 7.80. The highest BCUT2D eigenvalue weighted by molar-refractivity contribution is 9.10. The summed E-state index contributed by atoms with van der Waals surface area (Å²) in [4.78, 5) is 27.5. The quantitative estimate of drug-likeness (QED) is 0.489. The Morgan fingerprint density at radius 2 is 1.63 bits per heavy atom. The van der Waals surface area contributed by atoms with Crippen LogP contribution in [0.3, 0.4) is 0 Å². The molecule has 162 valence electrons. The molecule has 0 radical (unpaired) electrons. The number of thioether (sulfide) groups is 1. The average molecular weight is 491 g/mol. The van der Waals surface area contributed by atoms with Crippen molar-refractivity contribution in [3.8, 4) is 0 Å². The minimum absolute atomic E-state index is 0.0261. The summed E-state index contributed by atoms with van der Waals surface area (Å²) in [5, 5.41) is 3.00. The van der Waals surface area contributed by atoms with Crippen LogP contribution in [-0.4, -0.2) is 34.6 Å². The highest BCUT2D eigenvalue weighted by Crippen LogP contribution is 2.18. The van der Waals surface area contributed by atoms with E-state index in [0.29, 0.717) is 12.3 Å². The van der Waals surface area contributed by atoms with Gasteiger partial charge in [-0.1, -0.05) is 64.8 Å². The molecule has 6 heteroatoms. The lowest BCUT2D eigenvalue weighted by Crippen LogP contribution is -2.50. The van der Waals surface area contributed by atoms with Crippen LogP contribution in [0.5, 0.6) is 0 Å². The summed E-state index contributed by atoms with van der Waals surface area (Å²) in [5.41, 5.74) is 3.42. The van der Waals surface area contributed by atoms with Crippen LogP contribution in [0, 0.1) is 6.92 Å². The van der Waals surface area contributed by atoms with Crippen LogP contribution in [0.1, 0.15) is 43.9 Å². The first-order valence-electron chi connectivity index (χ1n) is 10.3. The zero-order valence-corrected chi connectivity index (χ0v) is 20.6. The van der Waals surface area contributed by atoms with Crippen LogP contribution in [0.2, 0.25) is 0 Å². The Bertz CT molecular complexity index is 824. The predicted octanol–water partition coefficient (Wildman–Crippen LogP) is 5.32. The number of nitrogens with one attached hydrogen (secondary N) is 1. The van der Waals surface area contributed by atoms with Crippen LogP contribution in [-0.2, 0) is 21.9 Å². The van der Waals surface area contributed by atoms with Gasteiger partial charge in [-0.25, -0.2) is 0 Å². The number of rotatable bonds is 10. The first kappa shape index (κ1) is 24.5. The Morgan fingerprint density at radius 1 is 1.03 bits per heavy atom. The molecule has 2 rings (SSSR count). The molecule has 0 heterocycles. The van der Waals surface area contributed by atoms with Crippen molar-refractivity contribution < 1.29 is 9.59 Å². The lowest BCUT2D eigenvalue weighted by Gasteiger charge is -2.29. The minimum Gasteiger partial charge on any atom is -0.352 e. The number of nitrogens with zero attached hydrogens (tertiary/aromatic N) is 1. The summed E-state index contributed by atoms with van der Waals surface area (Å²) >= 11 is 5.02. The van der Waals surface area contributed by atoms with Crippen LogP contribution in [0.25, 0.3) is 0 Å². The molecule has 0 saturated heterocycles. The molecule has 0 spiro atoms. The normalized spacial score (nSPS) is 12.8. The molecular weight excluding hydrogens is 460 g/mol. The molecule has 2 aromatic carbocycles. The zero-order valence-electron chi connectivity index (χ0n) is 18.2. The molecule has 0 fully saturated rings. The molecule has 0 aliphatic heterocycles. The highest BCUT2D eigenvalue weighted by atomic mass is 79.9. The standard InChI is InChI=1S/C24H31BrN2O2S/c1-5-18(3)26-24(29)19(4)27(14-20-10-12-22(25)13-11-20)23(28)16-30-15-21-8-6-17(2)7-9-21/h6-13,18-19H,5,14-16H2,1-4H3,(H,26,29)/t18-,19+/m0/s1. The monoisotopic (exact) mass is 490 g/mol. The molecule has 0 saturated carbocycles. The van der Waals surface area contributed by atoms with Gasteiger partial charge in [-0.05, 0) is 50.5 Å². The van der Waals surface area contributed by atoms with E-state index in [4.69, 9.17) is 0 Å². The second-order valence-corrected chi connectivity index (χ2v) is 9.52. The summed E-state index contributed by atoms with van der Waals surface area (Å²) in [6, 6.07) is 15.8. The number of carbonyl (C=O) groups is 2. The van der Waals surface area contributed by atoms with Gasteiger partial charge >= 0.3 is 0 Å². The predicted molar refractivity (Wildman–Crippen MR) is 129 cm³/mol. The number of hydrogen-bond donors (Lipinski definition) is 1. The molecule has 0 aromatic heterocycles. The minimum atomic E-state index is -0.532. The van der Waals surface area contributed by atoms with Crippen LogP contribution >= 0.6 is 27.7 Å². The molecule has 2 aromatic rings. The van der Waals surface area contributed by atoms with Crippen molar-refractivity contribution in [1.82, 2.24) is 10.2 Å². The molecule has 2 atom stereocenters. The molecule has 4 nitrogen and oxygen atoms in total. The summed E-state index contributed by atoms with van der Waals surface area (Å²) in [6.07, 6.45) is 0.853. The summed E-state index contributed by atoms with van der Waals surface area (Å²) in [6.45, 7) is 8.28. The van der Waals surface area contributed by atoms with Crippen molar-refractivity contribution in [3.05, 3.63) is 69.7 Å². The van der Waals surface area contributed by atoms with Crippen molar-refractivity contribution in [2.75, 3.05) is 5.75 Å². The number of carbonyl (C=O) groups excluding carboxylic acids is 2. The second-order valence-electron chi connectivity index (χ2n) is 7.62. The molecule has 2 amide bonds. The van der Waals surface area contributed by atoms with Crippen molar-refractivity contribution in [1.29, 1.82) is 0 Å². The lowest BCUT2D eigenvalue weighted by molar-refractivity contribution is -0.138. The van der Waals surface area contributed by atoms with E-state index in [1.54, 1.807) is 23.6 Å². The largest absolute Gasteiger partial charge is 0.352 e. The fourth-order valence-corrected chi connectivity index (χ4v) is 3.99. The maximum absolute atomic E-state index is 13.1. The van der Waals surface area contributed by atoms with Crippen LogP contribution in [0.15, 0.2) is 53.0 Å². The first-order chi connectivity index (χ1) is 14.3. The lowest BCUT2D eigenvalue weighted by atomic mass is 10.1. The van der Waals surface area contributed by atoms with Gasteiger partial charge in [0, 0.05) is 22.8 Å². The van der Waals surface area contributed by atoms with Gasteiger partial charge in [0.05, 0.1) is 5.75 Å². The van der Waals surface area contributed by atoms with E-state index in [0.717, 1.165) is 22.2 Å². The van der Waals surface area contributed by atoms with Crippen molar-refractivity contribution in [2.24, 2.45) is 0 Å². The maximum atomic E-state index is 13.1. The third-order valence-electron chi connectivity index (χ3n) is 5.05. The molecule has 30 heavy (non-hydrogen) atoms. The van der Waals surface area contributed by atoms with Gasteiger partial charge in [-0.15, -0.1) is 11.8 Å². The molecular formula is C24H31BrN2O2S. The van der Waals surface area contributed by atoms with Gasteiger partial charge in [0.15, 0.2) is 0 Å². The van der Waals surface area contributed by atoms with Gasteiger partial charge in [-0.3, -0.25) is 9.59 Å². The second kappa shape index (κ2) is 12.2. The van der Waals surface area contributed by atoms with Gasteiger partial charge in [-0.2, -0.15) is 0 Å². The number of hydrogen-bond acceptors (Lipinski definition) is 3. The molecule has 0 unspecified atom stereocenters. The molecule has 0 bridgehead atoms. The first-order valence-corrected chi connectivity index (χ1v) is 12.2. The highest BCUT2D eigenvalue weighted by Gasteiger charge is 2.26. The van der Waals surface area contributed by atoms with E-state index >= 15 is 0 Å². The maximum Gasteiger partial charge on any atom is 0.242 e. The van der Waals surface area contributed by atoms with Gasteiger partial charge in [0.2, 0.25) is 11.8 Å². The van der Waals surface area contributed by atoms with Crippen molar-refractivity contribution in [2.45, 2.75) is 58.5 Å². The van der Waals surface area contributed by atoms with E-state index < -0.39 is 6.04 Å². The summed E-state index contributed by atoms with van der Waals surface area (Å²) in [7, 11) is 0. The Balaban J connectivity index is 2.06. The van der Waals surface area contributed by atoms with E-state index in [9.17, 15) is 9.59 Å². The summed E-state index contributed by atoms with van der Waals surface area (Å²) in [5.74, 6) is 0.969. The van der Waals surface area contributed by atoms with E-state index in [2.05, 4.69) is 52.4 Å². The SMILES string of the molecule is CC[C@H](C)NC(=O)[C@@H](C)N(Cc1ccc(Br)cc1)C(=O)CSCc1ccc(C)cc1. The van der Waals surface area contributed by atoms with Crippen LogP contribution in [0.4, 0.5) is 0 Å². The Hall–Kier alpha value is -1.79. The number of aryl methyl sites for hydroxylation is 1. The Kier molecular flexibility index (Phi) is 9.92. The van der Waals surface area contributed by atoms with Gasteiger partial charge in [0.25, 0.3) is 0 Å². The molecule has 0 aliphatic carbocycles. The number of amides is 2. The van der Waals surface area contributed by atoms with Crippen LogP contribution < -0.4 is 5.32 Å². The average Bonchev–Trinajstić information content (AvgIpc) is 2.74. The topological polar surface area (TPSA) is 49.4 Å². The fraction of sp³-hybridized carbons (Fsp3) is 0.417. The fourth-order valence-electron chi connectivity index (χ4n) is 2.86. The molecule has 1 N–H and O–H groups in total. The van der Waals surface area contributed by atoms with E-state index in [1.165, 1.54) is 11.1 Å². The zero-order chi connectivity index (χ0) is 22.1. The van der Waals surface area contributed by atoms with Gasteiger partial charge < -0.3 is 10.2 Å². The Labute approximate surface area is 192 Å². The Morgan fingerprint density at radius 3 is 2.23 bits per heavy atom. The smallest absolute Gasteiger partial charge is 0.242 e. The third-order valence-corrected chi connectivity index (χ3v) is 6.57. The number of benzene rings is 2.